The van der Waals surface area contributed by atoms with E-state index in [0.717, 1.165) is 37.7 Å². The van der Waals surface area contributed by atoms with Crippen molar-refractivity contribution in [3.63, 3.8) is 0 Å². The predicted molar refractivity (Wildman–Crippen MR) is 68.2 cm³/mol. The minimum atomic E-state index is 0.383. The van der Waals surface area contributed by atoms with E-state index in [2.05, 4.69) is 15.0 Å². The van der Waals surface area contributed by atoms with Crippen LogP contribution in [0.3, 0.4) is 0 Å². The third-order valence-electron chi connectivity index (χ3n) is 3.99. The highest BCUT2D eigenvalue weighted by atomic mass is 16.5. The van der Waals surface area contributed by atoms with Crippen LogP contribution < -0.4 is 5.73 Å². The first-order chi connectivity index (χ1) is 8.83. The number of nitrogens with two attached hydrogens (primary N) is 1. The summed E-state index contributed by atoms with van der Waals surface area (Å²) in [6, 6.07) is 0. The molecule has 3 rings (SSSR count). The number of hydrogen-bond donors (Lipinski definition) is 1. The SMILES string of the molecule is Nc1nc(C2CCCC2)nc(C2CCOCC2)n1. The van der Waals surface area contributed by atoms with Crippen LogP contribution in [0.1, 0.15) is 62.0 Å². The second kappa shape index (κ2) is 5.18. The fourth-order valence-corrected chi connectivity index (χ4v) is 2.93. The summed E-state index contributed by atoms with van der Waals surface area (Å²) in [6.07, 6.45) is 6.93. The van der Waals surface area contributed by atoms with Crippen LogP contribution in [0.2, 0.25) is 0 Å². The van der Waals surface area contributed by atoms with Crippen LogP contribution in [0.15, 0.2) is 0 Å². The number of nitrogens with zero attached hydrogens (tertiary/aromatic N) is 3. The second-order valence-corrected chi connectivity index (χ2v) is 5.28. The van der Waals surface area contributed by atoms with E-state index in [-0.39, 0.29) is 0 Å². The molecule has 2 fully saturated rings. The molecule has 0 bridgehead atoms. The minimum absolute atomic E-state index is 0.383. The fourth-order valence-electron chi connectivity index (χ4n) is 2.93. The molecular formula is C13H20N4O. The van der Waals surface area contributed by atoms with Gasteiger partial charge in [-0.05, 0) is 25.7 Å². The molecule has 1 aromatic heterocycles. The van der Waals surface area contributed by atoms with Gasteiger partial charge in [-0.3, -0.25) is 0 Å². The zero-order valence-electron chi connectivity index (χ0n) is 10.6. The number of hydrogen-bond acceptors (Lipinski definition) is 5. The number of nitrogen functional groups attached to an aromatic ring is 1. The highest BCUT2D eigenvalue weighted by Gasteiger charge is 2.24. The second-order valence-electron chi connectivity index (χ2n) is 5.28. The Morgan fingerprint density at radius 1 is 0.833 bits per heavy atom. The third-order valence-corrected chi connectivity index (χ3v) is 3.99. The Labute approximate surface area is 107 Å². The van der Waals surface area contributed by atoms with Gasteiger partial charge in [-0.1, -0.05) is 12.8 Å². The van der Waals surface area contributed by atoms with E-state index in [4.69, 9.17) is 10.5 Å². The molecule has 1 aromatic rings. The molecule has 0 amide bonds. The Kier molecular flexibility index (Phi) is 3.41. The van der Waals surface area contributed by atoms with Gasteiger partial charge in [-0.25, -0.2) is 4.98 Å². The van der Waals surface area contributed by atoms with E-state index in [0.29, 0.717) is 17.8 Å². The van der Waals surface area contributed by atoms with Crippen LogP contribution >= 0.6 is 0 Å². The summed E-state index contributed by atoms with van der Waals surface area (Å²) in [5.41, 5.74) is 5.84. The zero-order chi connectivity index (χ0) is 12.4. The highest BCUT2D eigenvalue weighted by molar-refractivity contribution is 5.19. The summed E-state index contributed by atoms with van der Waals surface area (Å²) in [6.45, 7) is 1.60. The van der Waals surface area contributed by atoms with Crippen LogP contribution in [0.5, 0.6) is 0 Å². The van der Waals surface area contributed by atoms with Crippen LogP contribution in [-0.2, 0) is 4.74 Å². The summed E-state index contributed by atoms with van der Waals surface area (Å²) in [5, 5.41) is 0. The van der Waals surface area contributed by atoms with Gasteiger partial charge in [0.15, 0.2) is 0 Å². The van der Waals surface area contributed by atoms with Crippen molar-refractivity contribution < 1.29 is 4.74 Å². The lowest BCUT2D eigenvalue weighted by molar-refractivity contribution is 0.0835. The monoisotopic (exact) mass is 248 g/mol. The van der Waals surface area contributed by atoms with Crippen molar-refractivity contribution in [1.29, 1.82) is 0 Å². The van der Waals surface area contributed by atoms with E-state index < -0.39 is 0 Å². The summed E-state index contributed by atoms with van der Waals surface area (Å²) in [4.78, 5) is 13.3. The molecule has 0 radical (unpaired) electrons. The molecule has 18 heavy (non-hydrogen) atoms. The molecule has 1 aliphatic heterocycles. The molecule has 98 valence electrons. The largest absolute Gasteiger partial charge is 0.381 e. The van der Waals surface area contributed by atoms with Crippen molar-refractivity contribution in [2.24, 2.45) is 0 Å². The van der Waals surface area contributed by atoms with Gasteiger partial charge in [-0.15, -0.1) is 0 Å². The van der Waals surface area contributed by atoms with E-state index in [1.807, 2.05) is 0 Å². The van der Waals surface area contributed by atoms with E-state index in [1.165, 1.54) is 25.7 Å². The van der Waals surface area contributed by atoms with E-state index in [9.17, 15) is 0 Å². The fraction of sp³-hybridized carbons (Fsp3) is 0.769. The first-order valence-electron chi connectivity index (χ1n) is 6.92. The molecule has 5 nitrogen and oxygen atoms in total. The molecule has 2 heterocycles. The van der Waals surface area contributed by atoms with Crippen LogP contribution in [0.25, 0.3) is 0 Å². The van der Waals surface area contributed by atoms with Gasteiger partial charge in [-0.2, -0.15) is 9.97 Å². The molecule has 1 saturated carbocycles. The number of aromatic nitrogens is 3. The van der Waals surface area contributed by atoms with E-state index in [1.54, 1.807) is 0 Å². The lowest BCUT2D eigenvalue weighted by Crippen LogP contribution is -2.19. The zero-order valence-corrected chi connectivity index (χ0v) is 10.6. The topological polar surface area (TPSA) is 73.9 Å². The predicted octanol–water partition coefficient (Wildman–Crippen LogP) is 2.01. The summed E-state index contributed by atoms with van der Waals surface area (Å²) in [5.74, 6) is 3.07. The minimum Gasteiger partial charge on any atom is -0.381 e. The van der Waals surface area contributed by atoms with Gasteiger partial charge < -0.3 is 10.5 Å². The van der Waals surface area contributed by atoms with Crippen molar-refractivity contribution in [2.45, 2.75) is 50.4 Å². The van der Waals surface area contributed by atoms with Gasteiger partial charge in [0.2, 0.25) is 5.95 Å². The molecular weight excluding hydrogens is 228 g/mol. The Balaban J connectivity index is 1.84. The van der Waals surface area contributed by atoms with Crippen molar-refractivity contribution in [3.05, 3.63) is 11.6 Å². The average Bonchev–Trinajstić information content (AvgIpc) is 2.93. The summed E-state index contributed by atoms with van der Waals surface area (Å²) < 4.78 is 5.38. The number of anilines is 1. The van der Waals surface area contributed by atoms with Gasteiger partial charge in [0, 0.05) is 25.0 Å². The maximum absolute atomic E-state index is 5.84. The van der Waals surface area contributed by atoms with Gasteiger partial charge >= 0.3 is 0 Å². The lowest BCUT2D eigenvalue weighted by atomic mass is 9.99. The maximum atomic E-state index is 5.84. The Hall–Kier alpha value is -1.23. The normalized spacial score (nSPS) is 22.4. The molecule has 2 aliphatic rings. The Morgan fingerprint density at radius 2 is 1.39 bits per heavy atom. The molecule has 1 aliphatic carbocycles. The number of rotatable bonds is 2. The summed E-state index contributed by atoms with van der Waals surface area (Å²) in [7, 11) is 0. The Morgan fingerprint density at radius 3 is 2.00 bits per heavy atom. The molecule has 0 aromatic carbocycles. The van der Waals surface area contributed by atoms with Crippen molar-refractivity contribution >= 4 is 5.95 Å². The first-order valence-corrected chi connectivity index (χ1v) is 6.92. The highest BCUT2D eigenvalue weighted by Crippen LogP contribution is 2.33. The van der Waals surface area contributed by atoms with Crippen LogP contribution in [0, 0.1) is 0 Å². The van der Waals surface area contributed by atoms with Crippen molar-refractivity contribution in [3.8, 4) is 0 Å². The quantitative estimate of drug-likeness (QED) is 0.866. The van der Waals surface area contributed by atoms with Gasteiger partial charge in [0.25, 0.3) is 0 Å². The first kappa shape index (κ1) is 11.8. The lowest BCUT2D eigenvalue weighted by Gasteiger charge is -2.21. The summed E-state index contributed by atoms with van der Waals surface area (Å²) >= 11 is 0. The molecule has 2 N–H and O–H groups in total. The molecule has 5 heteroatoms. The molecule has 0 atom stereocenters. The maximum Gasteiger partial charge on any atom is 0.223 e. The smallest absolute Gasteiger partial charge is 0.223 e. The third kappa shape index (κ3) is 2.46. The van der Waals surface area contributed by atoms with Crippen molar-refractivity contribution in [2.75, 3.05) is 18.9 Å². The average molecular weight is 248 g/mol. The van der Waals surface area contributed by atoms with Crippen LogP contribution in [-0.4, -0.2) is 28.2 Å². The Bertz CT molecular complexity index is 411. The van der Waals surface area contributed by atoms with Gasteiger partial charge in [0.1, 0.15) is 11.6 Å². The number of ether oxygens (including phenoxy) is 1. The standard InChI is InChI=1S/C13H20N4O/c14-13-16-11(9-3-1-2-4-9)15-12(17-13)10-5-7-18-8-6-10/h9-10H,1-8H2,(H2,14,15,16,17). The molecule has 0 spiro atoms. The molecule has 1 saturated heterocycles. The van der Waals surface area contributed by atoms with Crippen LogP contribution in [0.4, 0.5) is 5.95 Å². The van der Waals surface area contributed by atoms with Crippen molar-refractivity contribution in [1.82, 2.24) is 15.0 Å². The van der Waals surface area contributed by atoms with E-state index >= 15 is 0 Å². The molecule has 0 unspecified atom stereocenters. The van der Waals surface area contributed by atoms with Gasteiger partial charge in [0.05, 0.1) is 0 Å².